The first-order valence-electron chi connectivity index (χ1n) is 6.01. The molecule has 0 saturated heterocycles. The van der Waals surface area contributed by atoms with E-state index >= 15 is 0 Å². The molecule has 3 N–H and O–H groups in total. The molecule has 0 aliphatic rings. The first-order valence-corrected chi connectivity index (χ1v) is 6.39. The van der Waals surface area contributed by atoms with Crippen molar-refractivity contribution in [1.29, 1.82) is 0 Å². The molecule has 0 saturated carbocycles. The number of carbonyl (C=O) groups is 1. The molecule has 18 heavy (non-hydrogen) atoms. The summed E-state index contributed by atoms with van der Waals surface area (Å²) >= 11 is 6.06. The van der Waals surface area contributed by atoms with Gasteiger partial charge in [0.15, 0.2) is 0 Å². The Labute approximate surface area is 112 Å². The predicted octanol–water partition coefficient (Wildman–Crippen LogP) is 2.66. The van der Waals surface area contributed by atoms with E-state index in [2.05, 4.69) is 5.32 Å². The third-order valence-corrected chi connectivity index (χ3v) is 2.76. The monoisotopic (exact) mass is 270 g/mol. The lowest BCUT2D eigenvalue weighted by atomic mass is 10.1. The van der Waals surface area contributed by atoms with Crippen molar-refractivity contribution in [2.24, 2.45) is 11.7 Å². The highest BCUT2D eigenvalue weighted by Gasteiger charge is 2.11. The number of benzene rings is 1. The van der Waals surface area contributed by atoms with Crippen LogP contribution in [0.25, 0.3) is 0 Å². The van der Waals surface area contributed by atoms with Gasteiger partial charge in [0.2, 0.25) is 5.91 Å². The molecule has 0 aliphatic carbocycles. The van der Waals surface area contributed by atoms with Gasteiger partial charge in [0.25, 0.3) is 0 Å². The quantitative estimate of drug-likeness (QED) is 0.835. The fourth-order valence-corrected chi connectivity index (χ4v) is 1.52. The van der Waals surface area contributed by atoms with E-state index in [4.69, 9.17) is 22.1 Å². The molecule has 0 aromatic heterocycles. The first-order chi connectivity index (χ1) is 8.58. The van der Waals surface area contributed by atoms with Crippen LogP contribution in [0, 0.1) is 5.92 Å². The zero-order chi connectivity index (χ0) is 13.5. The summed E-state index contributed by atoms with van der Waals surface area (Å²) in [5.41, 5.74) is 6.08. The summed E-state index contributed by atoms with van der Waals surface area (Å²) in [6, 6.07) is 5.19. The minimum absolute atomic E-state index is 0.115. The molecule has 5 heteroatoms. The summed E-state index contributed by atoms with van der Waals surface area (Å²) in [5, 5.41) is 3.25. The van der Waals surface area contributed by atoms with Crippen molar-refractivity contribution < 1.29 is 9.53 Å². The Morgan fingerprint density at radius 2 is 2.28 bits per heavy atom. The van der Waals surface area contributed by atoms with Gasteiger partial charge >= 0.3 is 0 Å². The number of nitrogens with one attached hydrogen (secondary N) is 1. The number of rotatable bonds is 6. The summed E-state index contributed by atoms with van der Waals surface area (Å²) in [5.74, 6) is 0.291. The van der Waals surface area contributed by atoms with E-state index in [-0.39, 0.29) is 11.8 Å². The van der Waals surface area contributed by atoms with E-state index in [0.717, 1.165) is 6.42 Å². The summed E-state index contributed by atoms with van der Waals surface area (Å²) in [6.07, 6.45) is 0.919. The summed E-state index contributed by atoms with van der Waals surface area (Å²) in [7, 11) is 0. The lowest BCUT2D eigenvalue weighted by Crippen LogP contribution is -2.26. The first kappa shape index (κ1) is 14.8. The molecule has 0 radical (unpaired) electrons. The van der Waals surface area contributed by atoms with Gasteiger partial charge in [0.05, 0.1) is 11.6 Å². The van der Waals surface area contributed by atoms with E-state index < -0.39 is 0 Å². The Morgan fingerprint density at radius 3 is 2.83 bits per heavy atom. The van der Waals surface area contributed by atoms with Crippen molar-refractivity contribution in [3.05, 3.63) is 23.2 Å². The minimum Gasteiger partial charge on any atom is -0.492 e. The van der Waals surface area contributed by atoms with Crippen molar-refractivity contribution in [3.63, 3.8) is 0 Å². The second-order valence-corrected chi connectivity index (χ2v) is 4.53. The van der Waals surface area contributed by atoms with Crippen LogP contribution in [0.15, 0.2) is 18.2 Å². The molecule has 1 aromatic carbocycles. The van der Waals surface area contributed by atoms with Crippen LogP contribution in [0.4, 0.5) is 5.69 Å². The maximum atomic E-state index is 11.6. The van der Waals surface area contributed by atoms with Gasteiger partial charge in [-0.25, -0.2) is 0 Å². The summed E-state index contributed by atoms with van der Waals surface area (Å²) < 4.78 is 5.45. The summed E-state index contributed by atoms with van der Waals surface area (Å²) in [6.45, 7) is 4.74. The molecule has 0 fully saturated rings. The second kappa shape index (κ2) is 7.24. The molecule has 0 heterocycles. The lowest BCUT2D eigenvalue weighted by molar-refractivity contribution is -0.119. The number of halogens is 1. The Morgan fingerprint density at radius 1 is 1.56 bits per heavy atom. The average Bonchev–Trinajstić information content (AvgIpc) is 2.36. The van der Waals surface area contributed by atoms with Gasteiger partial charge in [-0.05, 0) is 24.6 Å². The number of hydrogen-bond acceptors (Lipinski definition) is 3. The molecule has 0 bridgehead atoms. The SMILES string of the molecule is CCCOc1ccc(NC(=O)C(C)CN)cc1Cl. The van der Waals surface area contributed by atoms with Crippen LogP contribution in [-0.4, -0.2) is 19.1 Å². The zero-order valence-corrected chi connectivity index (χ0v) is 11.5. The number of anilines is 1. The van der Waals surface area contributed by atoms with Crippen LogP contribution in [0.3, 0.4) is 0 Å². The molecule has 4 nitrogen and oxygen atoms in total. The molecular formula is C13H19ClN2O2. The number of carbonyl (C=O) groups excluding carboxylic acids is 1. The van der Waals surface area contributed by atoms with Gasteiger partial charge in [-0.15, -0.1) is 0 Å². The molecule has 0 aliphatic heterocycles. The largest absolute Gasteiger partial charge is 0.492 e. The Kier molecular flexibility index (Phi) is 5.95. The Balaban J connectivity index is 2.69. The minimum atomic E-state index is -0.222. The van der Waals surface area contributed by atoms with Gasteiger partial charge in [0, 0.05) is 18.2 Å². The average molecular weight is 271 g/mol. The highest BCUT2D eigenvalue weighted by atomic mass is 35.5. The van der Waals surface area contributed by atoms with Gasteiger partial charge in [-0.3, -0.25) is 4.79 Å². The highest BCUT2D eigenvalue weighted by molar-refractivity contribution is 6.32. The van der Waals surface area contributed by atoms with Crippen molar-refractivity contribution in [2.75, 3.05) is 18.5 Å². The van der Waals surface area contributed by atoms with Crippen LogP contribution in [0.1, 0.15) is 20.3 Å². The van der Waals surface area contributed by atoms with E-state index in [1.54, 1.807) is 25.1 Å². The topological polar surface area (TPSA) is 64.3 Å². The third kappa shape index (κ3) is 4.20. The fraction of sp³-hybridized carbons (Fsp3) is 0.462. The van der Waals surface area contributed by atoms with E-state index in [0.29, 0.717) is 29.6 Å². The van der Waals surface area contributed by atoms with Crippen molar-refractivity contribution in [2.45, 2.75) is 20.3 Å². The molecule has 1 unspecified atom stereocenters. The molecule has 0 spiro atoms. The molecule has 1 amide bonds. The number of amides is 1. The van der Waals surface area contributed by atoms with Crippen molar-refractivity contribution >= 4 is 23.2 Å². The highest BCUT2D eigenvalue weighted by Crippen LogP contribution is 2.27. The Bertz CT molecular complexity index is 410. The van der Waals surface area contributed by atoms with Gasteiger partial charge in [0.1, 0.15) is 5.75 Å². The second-order valence-electron chi connectivity index (χ2n) is 4.12. The van der Waals surface area contributed by atoms with Crippen LogP contribution in [0.2, 0.25) is 5.02 Å². The maximum absolute atomic E-state index is 11.6. The lowest BCUT2D eigenvalue weighted by Gasteiger charge is -2.12. The van der Waals surface area contributed by atoms with E-state index in [1.165, 1.54) is 0 Å². The van der Waals surface area contributed by atoms with E-state index in [9.17, 15) is 4.79 Å². The smallest absolute Gasteiger partial charge is 0.228 e. The Hall–Kier alpha value is -1.26. The normalized spacial score (nSPS) is 12.0. The fourth-order valence-electron chi connectivity index (χ4n) is 1.28. The van der Waals surface area contributed by atoms with Crippen molar-refractivity contribution in [3.8, 4) is 5.75 Å². The van der Waals surface area contributed by atoms with E-state index in [1.807, 2.05) is 6.92 Å². The maximum Gasteiger partial charge on any atom is 0.228 e. The van der Waals surface area contributed by atoms with Crippen LogP contribution in [-0.2, 0) is 4.79 Å². The molecular weight excluding hydrogens is 252 g/mol. The zero-order valence-electron chi connectivity index (χ0n) is 10.7. The number of hydrogen-bond donors (Lipinski definition) is 2. The standard InChI is InChI=1S/C13H19ClN2O2/c1-3-6-18-12-5-4-10(7-11(12)14)16-13(17)9(2)8-15/h4-5,7,9H,3,6,8,15H2,1-2H3,(H,16,17). The molecule has 1 aromatic rings. The van der Waals surface area contributed by atoms with Crippen LogP contribution in [0.5, 0.6) is 5.75 Å². The van der Waals surface area contributed by atoms with Crippen LogP contribution >= 0.6 is 11.6 Å². The molecule has 100 valence electrons. The van der Waals surface area contributed by atoms with Gasteiger partial charge in [-0.1, -0.05) is 25.4 Å². The predicted molar refractivity (Wildman–Crippen MR) is 74.1 cm³/mol. The number of nitrogens with two attached hydrogens (primary N) is 1. The summed E-state index contributed by atoms with van der Waals surface area (Å²) in [4.78, 5) is 11.6. The number of ether oxygens (including phenoxy) is 1. The van der Waals surface area contributed by atoms with Crippen LogP contribution < -0.4 is 15.8 Å². The van der Waals surface area contributed by atoms with Gasteiger partial charge < -0.3 is 15.8 Å². The molecule has 1 atom stereocenters. The molecule has 1 rings (SSSR count). The van der Waals surface area contributed by atoms with Gasteiger partial charge in [-0.2, -0.15) is 0 Å². The third-order valence-electron chi connectivity index (χ3n) is 2.46. The van der Waals surface area contributed by atoms with Crippen molar-refractivity contribution in [1.82, 2.24) is 0 Å².